The molecule has 0 fully saturated rings. The Labute approximate surface area is 258 Å². The highest BCUT2D eigenvalue weighted by Gasteiger charge is 2.45. The summed E-state index contributed by atoms with van der Waals surface area (Å²) in [6.45, 7) is 17.6. The Bertz CT molecular complexity index is 1620. The summed E-state index contributed by atoms with van der Waals surface area (Å²) in [5.74, 6) is 0.00748. The van der Waals surface area contributed by atoms with Crippen molar-refractivity contribution in [3.8, 4) is 0 Å². The van der Waals surface area contributed by atoms with Gasteiger partial charge in [0.2, 0.25) is 5.69 Å². The average molecular weight is 604 g/mol. The Morgan fingerprint density at radius 2 is 1.67 bits per heavy atom. The molecule has 2 aromatic rings. The molecule has 1 atom stereocenters. The van der Waals surface area contributed by atoms with Crippen molar-refractivity contribution in [3.63, 3.8) is 0 Å². The van der Waals surface area contributed by atoms with Crippen LogP contribution in [0.25, 0.3) is 0 Å². The number of allylic oxidation sites excluding steroid dienone is 6. The second-order valence-corrected chi connectivity index (χ2v) is 14.4. The summed E-state index contributed by atoms with van der Waals surface area (Å²) >= 11 is 0. The van der Waals surface area contributed by atoms with E-state index in [9.17, 15) is 17.8 Å². The fraction of sp³-hybridized carbons (Fsp3) is 0.444. The Kier molecular flexibility index (Phi) is 9.38. The van der Waals surface area contributed by atoms with Crippen LogP contribution in [0, 0.1) is 5.92 Å². The SMILES string of the molecule is CCCCC(C(=O)C(C)C)N1/C(=C/C=C/C=C/C2=[N+](CC)c3ccccc3C2(C)C)C(C)(C)c2cc(S(=O)(=O)O)ccc21. The second kappa shape index (κ2) is 12.4. The molecule has 43 heavy (non-hydrogen) atoms. The molecule has 1 N–H and O–H groups in total. The van der Waals surface area contributed by atoms with E-state index < -0.39 is 15.5 Å². The Hall–Kier alpha value is -3.29. The fourth-order valence-corrected chi connectivity index (χ4v) is 7.11. The zero-order valence-corrected chi connectivity index (χ0v) is 27.7. The predicted octanol–water partition coefficient (Wildman–Crippen LogP) is 7.91. The summed E-state index contributed by atoms with van der Waals surface area (Å²) in [7, 11) is -4.38. The van der Waals surface area contributed by atoms with Crippen molar-refractivity contribution in [2.75, 3.05) is 11.4 Å². The van der Waals surface area contributed by atoms with Gasteiger partial charge in [-0.2, -0.15) is 13.0 Å². The van der Waals surface area contributed by atoms with Crippen molar-refractivity contribution in [1.29, 1.82) is 0 Å². The van der Waals surface area contributed by atoms with Gasteiger partial charge in [0.15, 0.2) is 11.5 Å². The first-order chi connectivity index (χ1) is 20.2. The number of carbonyl (C=O) groups excluding carboxylic acids is 1. The fourth-order valence-electron chi connectivity index (χ4n) is 6.60. The number of nitrogens with zero attached hydrogens (tertiary/aromatic N) is 2. The number of anilines is 1. The van der Waals surface area contributed by atoms with Gasteiger partial charge in [0, 0.05) is 40.4 Å². The van der Waals surface area contributed by atoms with Crippen molar-refractivity contribution in [1.82, 2.24) is 0 Å². The number of rotatable bonds is 11. The summed E-state index contributed by atoms with van der Waals surface area (Å²) < 4.78 is 36.2. The van der Waals surface area contributed by atoms with Gasteiger partial charge in [-0.25, -0.2) is 0 Å². The Morgan fingerprint density at radius 1 is 0.977 bits per heavy atom. The van der Waals surface area contributed by atoms with E-state index in [2.05, 4.69) is 73.6 Å². The molecule has 0 radical (unpaired) electrons. The first-order valence-corrected chi connectivity index (χ1v) is 16.9. The molecule has 0 spiro atoms. The molecular formula is C36H47N2O4S+. The topological polar surface area (TPSA) is 77.7 Å². The quantitative estimate of drug-likeness (QED) is 0.160. The number of hydrogen-bond acceptors (Lipinski definition) is 4. The molecule has 2 aliphatic heterocycles. The standard InChI is InChI=1S/C36H46N2O4S/c1-9-11-18-31(34(39)25(3)4)38-30-23-22-26(43(40,41)42)24-28(30)36(7,8)33(38)21-14-12-13-20-32-35(5,6)27-17-15-16-19-29(27)37(32)10-2/h12-17,19-25,31H,9-11,18H2,1-8H3/p+1. The van der Waals surface area contributed by atoms with Gasteiger partial charge in [-0.1, -0.05) is 83.9 Å². The lowest BCUT2D eigenvalue weighted by atomic mass is 9.81. The molecule has 0 saturated heterocycles. The van der Waals surface area contributed by atoms with E-state index in [-0.39, 0.29) is 28.1 Å². The lowest BCUT2D eigenvalue weighted by Crippen LogP contribution is -2.43. The maximum Gasteiger partial charge on any atom is 0.294 e. The zero-order valence-electron chi connectivity index (χ0n) is 26.9. The van der Waals surface area contributed by atoms with Gasteiger partial charge >= 0.3 is 0 Å². The van der Waals surface area contributed by atoms with Gasteiger partial charge in [0.05, 0.1) is 16.4 Å². The van der Waals surface area contributed by atoms with Crippen molar-refractivity contribution < 1.29 is 22.3 Å². The van der Waals surface area contributed by atoms with Crippen LogP contribution in [0.15, 0.2) is 83.4 Å². The second-order valence-electron chi connectivity index (χ2n) is 12.9. The van der Waals surface area contributed by atoms with E-state index in [0.29, 0.717) is 6.42 Å². The lowest BCUT2D eigenvalue weighted by molar-refractivity contribution is -0.433. The maximum absolute atomic E-state index is 13.6. The third-order valence-electron chi connectivity index (χ3n) is 8.98. The molecule has 7 heteroatoms. The van der Waals surface area contributed by atoms with Crippen LogP contribution in [-0.2, 0) is 25.7 Å². The molecule has 4 rings (SSSR count). The highest BCUT2D eigenvalue weighted by atomic mass is 32.2. The van der Waals surface area contributed by atoms with Crippen LogP contribution in [-0.4, -0.2) is 41.6 Å². The molecule has 2 heterocycles. The first-order valence-electron chi connectivity index (χ1n) is 15.4. The number of fused-ring (bicyclic) bond motifs is 2. The van der Waals surface area contributed by atoms with Crippen molar-refractivity contribution in [3.05, 3.63) is 89.7 Å². The largest absolute Gasteiger partial charge is 0.333 e. The molecule has 230 valence electrons. The van der Waals surface area contributed by atoms with Gasteiger partial charge in [0.1, 0.15) is 6.54 Å². The maximum atomic E-state index is 13.6. The number of benzene rings is 2. The van der Waals surface area contributed by atoms with Crippen LogP contribution in [0.5, 0.6) is 0 Å². The normalized spacial score (nSPS) is 19.2. The molecule has 0 aromatic heterocycles. The zero-order chi connectivity index (χ0) is 31.7. The minimum Gasteiger partial charge on any atom is -0.333 e. The summed E-state index contributed by atoms with van der Waals surface area (Å²) in [5, 5.41) is 0. The predicted molar refractivity (Wildman–Crippen MR) is 176 cm³/mol. The minimum absolute atomic E-state index is 0.115. The Morgan fingerprint density at radius 3 is 2.30 bits per heavy atom. The number of unbranched alkanes of at least 4 members (excludes halogenated alkanes) is 1. The molecule has 0 bridgehead atoms. The lowest BCUT2D eigenvalue weighted by Gasteiger charge is -2.34. The van der Waals surface area contributed by atoms with Crippen molar-refractivity contribution in [2.45, 2.75) is 96.4 Å². The van der Waals surface area contributed by atoms with Crippen molar-refractivity contribution in [2.24, 2.45) is 5.92 Å². The summed E-state index contributed by atoms with van der Waals surface area (Å²) in [6, 6.07) is 12.9. The first kappa shape index (κ1) is 32.6. The van der Waals surface area contributed by atoms with E-state index in [1.54, 1.807) is 12.1 Å². The van der Waals surface area contributed by atoms with Crippen LogP contribution in [0.3, 0.4) is 0 Å². The smallest absolute Gasteiger partial charge is 0.294 e. The van der Waals surface area contributed by atoms with Gasteiger partial charge in [0.25, 0.3) is 10.1 Å². The van der Waals surface area contributed by atoms with Crippen LogP contribution in [0.1, 0.15) is 85.8 Å². The molecule has 1 unspecified atom stereocenters. The summed E-state index contributed by atoms with van der Waals surface area (Å²) in [4.78, 5) is 15.6. The highest BCUT2D eigenvalue weighted by molar-refractivity contribution is 7.85. The van der Waals surface area contributed by atoms with Crippen LogP contribution in [0.2, 0.25) is 0 Å². The van der Waals surface area contributed by atoms with Gasteiger partial charge < -0.3 is 4.90 Å². The minimum atomic E-state index is -4.38. The number of Topliss-reactive ketones (excluding diaryl/α,β-unsaturated/α-hetero) is 1. The van der Waals surface area contributed by atoms with E-state index in [1.165, 1.54) is 23.0 Å². The highest BCUT2D eigenvalue weighted by Crippen LogP contribution is 2.50. The van der Waals surface area contributed by atoms with Crippen LogP contribution in [0.4, 0.5) is 11.4 Å². The third kappa shape index (κ3) is 6.07. The van der Waals surface area contributed by atoms with Crippen LogP contribution < -0.4 is 4.90 Å². The van der Waals surface area contributed by atoms with Gasteiger partial charge in [-0.05, 0) is 57.0 Å². The molecular weight excluding hydrogens is 556 g/mol. The number of hydrogen-bond donors (Lipinski definition) is 1. The van der Waals surface area contributed by atoms with Gasteiger partial charge in [-0.3, -0.25) is 9.35 Å². The molecule has 0 saturated carbocycles. The monoisotopic (exact) mass is 603 g/mol. The van der Waals surface area contributed by atoms with E-state index >= 15 is 0 Å². The number of ketones is 1. The van der Waals surface area contributed by atoms with E-state index in [0.717, 1.165) is 36.3 Å². The Balaban J connectivity index is 1.77. The average Bonchev–Trinajstić information content (AvgIpc) is 3.31. The molecule has 0 aliphatic carbocycles. The van der Waals surface area contributed by atoms with Gasteiger partial charge in [-0.15, -0.1) is 0 Å². The number of carbonyl (C=O) groups is 1. The molecule has 2 aliphatic rings. The third-order valence-corrected chi connectivity index (χ3v) is 9.83. The summed E-state index contributed by atoms with van der Waals surface area (Å²) in [6.07, 6.45) is 12.9. The molecule has 2 aromatic carbocycles. The van der Waals surface area contributed by atoms with Crippen molar-refractivity contribution >= 4 is 33.0 Å². The molecule has 0 amide bonds. The summed E-state index contributed by atoms with van der Waals surface area (Å²) in [5.41, 5.74) is 5.59. The van der Waals surface area contributed by atoms with E-state index in [1.807, 2.05) is 45.9 Å². The van der Waals surface area contributed by atoms with E-state index in [4.69, 9.17) is 0 Å². The number of para-hydroxylation sites is 1. The molecule has 6 nitrogen and oxygen atoms in total. The van der Waals surface area contributed by atoms with Crippen LogP contribution >= 0.6 is 0 Å².